The van der Waals surface area contributed by atoms with Gasteiger partial charge < -0.3 is 26.0 Å². The van der Waals surface area contributed by atoms with Crippen LogP contribution < -0.4 is 26.0 Å². The van der Waals surface area contributed by atoms with Gasteiger partial charge in [-0.05, 0) is 49.2 Å². The molecule has 2 aromatic carbocycles. The van der Waals surface area contributed by atoms with Crippen LogP contribution in [0.5, 0.6) is 5.75 Å². The molecule has 2 unspecified atom stereocenters. The second-order valence-electron chi connectivity index (χ2n) is 6.95. The lowest BCUT2D eigenvalue weighted by atomic mass is 10.1. The van der Waals surface area contributed by atoms with E-state index in [1.165, 1.54) is 36.0 Å². The molecule has 10 heteroatoms. The molecule has 0 radical (unpaired) electrons. The van der Waals surface area contributed by atoms with E-state index < -0.39 is 12.5 Å². The Morgan fingerprint density at radius 1 is 1.03 bits per heavy atom. The summed E-state index contributed by atoms with van der Waals surface area (Å²) in [6.07, 6.45) is -3.79. The van der Waals surface area contributed by atoms with E-state index in [4.69, 9.17) is 11.5 Å². The van der Waals surface area contributed by atoms with Gasteiger partial charge in [-0.25, -0.2) is 4.99 Å². The fourth-order valence-electron chi connectivity index (χ4n) is 3.63. The minimum Gasteiger partial charge on any atom is -0.406 e. The molecule has 0 saturated carbocycles. The summed E-state index contributed by atoms with van der Waals surface area (Å²) >= 11 is 1.41. The second kappa shape index (κ2) is 7.53. The number of thioether (sulfide) groups is 1. The van der Waals surface area contributed by atoms with E-state index in [2.05, 4.69) is 9.73 Å². The van der Waals surface area contributed by atoms with Gasteiger partial charge in [0.05, 0.1) is 12.0 Å². The first kappa shape index (κ1) is 20.6. The third-order valence-corrected chi connectivity index (χ3v) is 5.88. The number of benzene rings is 2. The standard InChI is InChI=1S/C20H20F3N5OS/c1-11-4-3-5-12(2)15(11)28-16-17(24)27(10-26-18(16)30-19(28)25)13-6-8-14(9-7-13)29-20(21,22)23/h3-10,17,19H,24-25H2,1-2H3. The van der Waals surface area contributed by atoms with Crippen molar-refractivity contribution in [2.45, 2.75) is 31.9 Å². The Bertz CT molecular complexity index is 1000. The van der Waals surface area contributed by atoms with E-state index in [1.54, 1.807) is 11.2 Å². The number of anilines is 2. The molecule has 0 amide bonds. The van der Waals surface area contributed by atoms with Crippen LogP contribution in [0.3, 0.4) is 0 Å². The monoisotopic (exact) mass is 435 g/mol. The van der Waals surface area contributed by atoms with Crippen LogP contribution in [0.4, 0.5) is 24.5 Å². The van der Waals surface area contributed by atoms with Gasteiger partial charge in [0.2, 0.25) is 0 Å². The van der Waals surface area contributed by atoms with Crippen molar-refractivity contribution in [1.82, 2.24) is 0 Å². The number of para-hydroxylation sites is 1. The van der Waals surface area contributed by atoms with Crippen molar-refractivity contribution in [2.24, 2.45) is 16.5 Å². The maximum Gasteiger partial charge on any atom is 0.573 e. The molecule has 0 aromatic heterocycles. The molecule has 0 spiro atoms. The zero-order valence-corrected chi connectivity index (χ0v) is 17.0. The van der Waals surface area contributed by atoms with Crippen LogP contribution in [0.15, 0.2) is 58.2 Å². The van der Waals surface area contributed by atoms with Crippen LogP contribution in [-0.2, 0) is 0 Å². The number of hydrogen-bond acceptors (Lipinski definition) is 7. The Morgan fingerprint density at radius 2 is 1.67 bits per heavy atom. The summed E-state index contributed by atoms with van der Waals surface area (Å²) < 4.78 is 41.2. The van der Waals surface area contributed by atoms with Crippen molar-refractivity contribution in [1.29, 1.82) is 0 Å². The van der Waals surface area contributed by atoms with E-state index in [-0.39, 0.29) is 11.2 Å². The summed E-state index contributed by atoms with van der Waals surface area (Å²) in [6.45, 7) is 4.01. The van der Waals surface area contributed by atoms with Crippen molar-refractivity contribution in [2.75, 3.05) is 9.80 Å². The molecule has 0 aliphatic carbocycles. The number of nitrogens with two attached hydrogens (primary N) is 2. The Morgan fingerprint density at radius 3 is 2.27 bits per heavy atom. The van der Waals surface area contributed by atoms with Gasteiger partial charge in [0.15, 0.2) is 0 Å². The van der Waals surface area contributed by atoms with Crippen LogP contribution in [0.1, 0.15) is 11.1 Å². The number of nitrogens with zero attached hydrogens (tertiary/aromatic N) is 3. The number of hydrogen-bond donors (Lipinski definition) is 2. The number of ether oxygens (including phenoxy) is 1. The molecule has 2 heterocycles. The number of halogens is 3. The lowest BCUT2D eigenvalue weighted by Crippen LogP contribution is -2.50. The number of aliphatic imine (C=N–C) groups is 1. The molecule has 4 N–H and O–H groups in total. The van der Waals surface area contributed by atoms with E-state index in [1.807, 2.05) is 36.9 Å². The Balaban J connectivity index is 1.65. The van der Waals surface area contributed by atoms with Crippen LogP contribution >= 0.6 is 11.8 Å². The first-order valence-corrected chi connectivity index (χ1v) is 9.99. The Kier molecular flexibility index (Phi) is 5.16. The maximum absolute atomic E-state index is 12.4. The normalized spacial score (nSPS) is 21.3. The highest BCUT2D eigenvalue weighted by Gasteiger charge is 2.40. The largest absolute Gasteiger partial charge is 0.573 e. The van der Waals surface area contributed by atoms with Crippen LogP contribution in [0.25, 0.3) is 0 Å². The maximum atomic E-state index is 12.4. The molecule has 2 aromatic rings. The van der Waals surface area contributed by atoms with Gasteiger partial charge >= 0.3 is 6.36 Å². The van der Waals surface area contributed by atoms with E-state index in [0.717, 1.165) is 27.5 Å². The zero-order chi connectivity index (χ0) is 21.6. The van der Waals surface area contributed by atoms with Gasteiger partial charge in [0, 0.05) is 11.4 Å². The van der Waals surface area contributed by atoms with Gasteiger partial charge in [0.25, 0.3) is 0 Å². The zero-order valence-electron chi connectivity index (χ0n) is 16.2. The highest BCUT2D eigenvalue weighted by atomic mass is 32.2. The Hall–Kier alpha value is -2.69. The molecule has 0 fully saturated rings. The third-order valence-electron chi connectivity index (χ3n) is 4.89. The van der Waals surface area contributed by atoms with Crippen LogP contribution in [-0.4, -0.2) is 24.4 Å². The molecule has 30 heavy (non-hydrogen) atoms. The van der Waals surface area contributed by atoms with E-state index in [0.29, 0.717) is 5.69 Å². The average molecular weight is 435 g/mol. The van der Waals surface area contributed by atoms with Crippen molar-refractivity contribution in [3.05, 3.63) is 64.3 Å². The lowest BCUT2D eigenvalue weighted by Gasteiger charge is -2.36. The minimum atomic E-state index is -4.74. The first-order valence-electron chi connectivity index (χ1n) is 9.11. The van der Waals surface area contributed by atoms with Gasteiger partial charge in [-0.15, -0.1) is 13.2 Å². The molecule has 2 aliphatic rings. The third kappa shape index (κ3) is 3.73. The van der Waals surface area contributed by atoms with Crippen molar-refractivity contribution >= 4 is 29.5 Å². The van der Waals surface area contributed by atoms with Gasteiger partial charge in [-0.3, -0.25) is 0 Å². The molecular weight excluding hydrogens is 415 g/mol. The highest BCUT2D eigenvalue weighted by Crippen LogP contribution is 2.45. The predicted octanol–water partition coefficient (Wildman–Crippen LogP) is 4.00. The summed E-state index contributed by atoms with van der Waals surface area (Å²) in [5.41, 5.74) is 17.0. The molecular formula is C20H20F3N5OS. The van der Waals surface area contributed by atoms with Crippen molar-refractivity contribution in [3.8, 4) is 5.75 Å². The SMILES string of the molecule is Cc1cccc(C)c1N1C2=C(N=CN(c3ccc(OC(F)(F)F)cc3)C2N)SC1N. The lowest BCUT2D eigenvalue weighted by molar-refractivity contribution is -0.274. The van der Waals surface area contributed by atoms with Gasteiger partial charge in [-0.2, -0.15) is 0 Å². The first-order chi connectivity index (χ1) is 14.2. The summed E-state index contributed by atoms with van der Waals surface area (Å²) in [6, 6.07) is 11.5. The smallest absolute Gasteiger partial charge is 0.406 e. The average Bonchev–Trinajstić information content (AvgIpc) is 2.98. The van der Waals surface area contributed by atoms with E-state index in [9.17, 15) is 13.2 Å². The van der Waals surface area contributed by atoms with Crippen molar-refractivity contribution in [3.63, 3.8) is 0 Å². The molecule has 0 bridgehead atoms. The van der Waals surface area contributed by atoms with E-state index >= 15 is 0 Å². The Labute approximate surface area is 176 Å². The number of aryl methyl sites for hydroxylation is 2. The summed E-state index contributed by atoms with van der Waals surface area (Å²) in [5.74, 6) is -0.302. The minimum absolute atomic E-state index is 0.302. The molecule has 6 nitrogen and oxygen atoms in total. The van der Waals surface area contributed by atoms with Crippen LogP contribution in [0.2, 0.25) is 0 Å². The van der Waals surface area contributed by atoms with Crippen LogP contribution in [0, 0.1) is 13.8 Å². The van der Waals surface area contributed by atoms with Gasteiger partial charge in [-0.1, -0.05) is 30.0 Å². The van der Waals surface area contributed by atoms with Gasteiger partial charge in [0.1, 0.15) is 22.4 Å². The predicted molar refractivity (Wildman–Crippen MR) is 113 cm³/mol. The molecule has 0 saturated heterocycles. The summed E-state index contributed by atoms with van der Waals surface area (Å²) in [5, 5.41) is 0.728. The number of rotatable bonds is 3. The quantitative estimate of drug-likeness (QED) is 0.759. The summed E-state index contributed by atoms with van der Waals surface area (Å²) in [4.78, 5) is 8.17. The fraction of sp³-hybridized carbons (Fsp3) is 0.250. The summed E-state index contributed by atoms with van der Waals surface area (Å²) in [7, 11) is 0. The molecule has 2 atom stereocenters. The highest BCUT2D eigenvalue weighted by molar-refractivity contribution is 8.04. The second-order valence-corrected chi connectivity index (χ2v) is 8.05. The fourth-order valence-corrected chi connectivity index (χ4v) is 4.63. The molecule has 158 valence electrons. The number of alkyl halides is 3. The molecule has 2 aliphatic heterocycles. The van der Waals surface area contributed by atoms with Crippen molar-refractivity contribution < 1.29 is 17.9 Å². The molecule has 4 rings (SSSR count). The topological polar surface area (TPSA) is 80.1 Å².